The van der Waals surface area contributed by atoms with Gasteiger partial charge in [-0.1, -0.05) is 12.1 Å². The molecule has 0 aliphatic carbocycles. The van der Waals surface area contributed by atoms with Gasteiger partial charge in [-0.05, 0) is 29.8 Å². The van der Waals surface area contributed by atoms with Gasteiger partial charge in [0.1, 0.15) is 0 Å². The van der Waals surface area contributed by atoms with Crippen LogP contribution in [0.5, 0.6) is 11.5 Å². The Bertz CT molecular complexity index is 949. The van der Waals surface area contributed by atoms with Crippen LogP contribution in [0.2, 0.25) is 0 Å². The third-order valence-electron chi connectivity index (χ3n) is 5.49. The highest BCUT2D eigenvalue weighted by molar-refractivity contribution is 5.94. The molecule has 2 aliphatic heterocycles. The number of piperazine rings is 1. The Morgan fingerprint density at radius 2 is 1.97 bits per heavy atom. The molecule has 0 bridgehead atoms. The maximum Gasteiger partial charge on any atom is 0.251 e. The molecule has 1 atom stereocenters. The van der Waals surface area contributed by atoms with Crippen LogP contribution >= 0.6 is 0 Å². The first-order valence-electron chi connectivity index (χ1n) is 10.6. The van der Waals surface area contributed by atoms with E-state index in [4.69, 9.17) is 9.47 Å². The quantitative estimate of drug-likeness (QED) is 0.678. The van der Waals surface area contributed by atoms with E-state index >= 15 is 0 Å². The zero-order valence-corrected chi connectivity index (χ0v) is 17.6. The van der Waals surface area contributed by atoms with E-state index < -0.39 is 0 Å². The molecule has 1 fully saturated rings. The van der Waals surface area contributed by atoms with Crippen LogP contribution in [0.1, 0.15) is 28.4 Å². The lowest BCUT2D eigenvalue weighted by molar-refractivity contribution is -0.118. The molecule has 8 nitrogen and oxygen atoms in total. The van der Waals surface area contributed by atoms with E-state index in [-0.39, 0.29) is 24.4 Å². The second-order valence-corrected chi connectivity index (χ2v) is 7.66. The average Bonchev–Trinajstić information content (AvgIpc) is 3.04. The monoisotopic (exact) mass is 424 g/mol. The summed E-state index contributed by atoms with van der Waals surface area (Å²) in [5.74, 6) is 1.14. The van der Waals surface area contributed by atoms with Crippen LogP contribution in [0.25, 0.3) is 0 Å². The molecular weight excluding hydrogens is 396 g/mol. The summed E-state index contributed by atoms with van der Waals surface area (Å²) in [6, 6.07) is 13.0. The number of ether oxygens (including phenoxy) is 2. The predicted molar refractivity (Wildman–Crippen MR) is 118 cm³/mol. The van der Waals surface area contributed by atoms with Crippen molar-refractivity contribution in [2.75, 3.05) is 51.8 Å². The van der Waals surface area contributed by atoms with Crippen molar-refractivity contribution in [2.24, 2.45) is 0 Å². The molecule has 2 heterocycles. The molecule has 2 amide bonds. The maximum atomic E-state index is 12.8. The van der Waals surface area contributed by atoms with Crippen molar-refractivity contribution in [3.05, 3.63) is 53.6 Å². The minimum absolute atomic E-state index is 0.00730. The van der Waals surface area contributed by atoms with E-state index in [9.17, 15) is 9.59 Å². The zero-order valence-electron chi connectivity index (χ0n) is 17.6. The Morgan fingerprint density at radius 1 is 1.13 bits per heavy atom. The third kappa shape index (κ3) is 5.15. The molecule has 2 aromatic rings. The normalized spacial score (nSPS) is 18.7. The molecule has 2 aliphatic rings. The number of benzene rings is 2. The first-order valence-corrected chi connectivity index (χ1v) is 10.6. The van der Waals surface area contributed by atoms with Crippen LogP contribution in [0.3, 0.4) is 0 Å². The fraction of sp³-hybridized carbons (Fsp3) is 0.391. The summed E-state index contributed by atoms with van der Waals surface area (Å²) in [7, 11) is 1.62. The van der Waals surface area contributed by atoms with Crippen LogP contribution in [0, 0.1) is 0 Å². The van der Waals surface area contributed by atoms with Crippen LogP contribution in [0.4, 0.5) is 5.69 Å². The SMILES string of the molecule is CNC(=O)c1cccc([C@@H]2CNCCN2CC(=O)Nc2ccc3c(c2)OCCCO3)c1. The van der Waals surface area contributed by atoms with Crippen LogP contribution in [-0.4, -0.2) is 63.2 Å². The highest BCUT2D eigenvalue weighted by atomic mass is 16.5. The molecule has 0 saturated carbocycles. The molecule has 164 valence electrons. The topological polar surface area (TPSA) is 91.9 Å². The first kappa shape index (κ1) is 21.1. The lowest BCUT2D eigenvalue weighted by Gasteiger charge is -2.36. The van der Waals surface area contributed by atoms with Gasteiger partial charge in [0.25, 0.3) is 5.91 Å². The number of rotatable bonds is 5. The summed E-state index contributed by atoms with van der Waals surface area (Å²) in [5, 5.41) is 9.01. The molecule has 8 heteroatoms. The van der Waals surface area contributed by atoms with Crippen molar-refractivity contribution in [2.45, 2.75) is 12.5 Å². The Balaban J connectivity index is 1.44. The molecule has 0 spiro atoms. The van der Waals surface area contributed by atoms with Crippen molar-refractivity contribution >= 4 is 17.5 Å². The maximum absolute atomic E-state index is 12.8. The Morgan fingerprint density at radius 3 is 2.81 bits per heavy atom. The number of hydrogen-bond donors (Lipinski definition) is 3. The van der Waals surface area contributed by atoms with Crippen molar-refractivity contribution in [1.29, 1.82) is 0 Å². The number of anilines is 1. The molecule has 0 radical (unpaired) electrons. The number of fused-ring (bicyclic) bond motifs is 1. The fourth-order valence-corrected chi connectivity index (χ4v) is 3.92. The molecule has 2 aromatic carbocycles. The second kappa shape index (κ2) is 9.80. The Hall–Kier alpha value is -3.10. The Kier molecular flexibility index (Phi) is 6.69. The van der Waals surface area contributed by atoms with E-state index in [0.29, 0.717) is 42.5 Å². The predicted octanol–water partition coefficient (Wildman–Crippen LogP) is 1.79. The number of hydrogen-bond acceptors (Lipinski definition) is 6. The number of carbonyl (C=O) groups is 2. The third-order valence-corrected chi connectivity index (χ3v) is 5.49. The average molecular weight is 425 g/mol. The number of amides is 2. The highest BCUT2D eigenvalue weighted by Crippen LogP contribution is 2.32. The smallest absolute Gasteiger partial charge is 0.251 e. The lowest BCUT2D eigenvalue weighted by Crippen LogP contribution is -2.48. The lowest BCUT2D eigenvalue weighted by atomic mass is 10.0. The molecule has 0 unspecified atom stereocenters. The van der Waals surface area contributed by atoms with Gasteiger partial charge in [0.05, 0.1) is 19.8 Å². The van der Waals surface area contributed by atoms with Gasteiger partial charge in [-0.2, -0.15) is 0 Å². The molecule has 31 heavy (non-hydrogen) atoms. The van der Waals surface area contributed by atoms with Crippen molar-refractivity contribution in [3.8, 4) is 11.5 Å². The van der Waals surface area contributed by atoms with Gasteiger partial charge >= 0.3 is 0 Å². The van der Waals surface area contributed by atoms with Crippen LogP contribution < -0.4 is 25.4 Å². The van der Waals surface area contributed by atoms with E-state index in [1.165, 1.54) is 0 Å². The summed E-state index contributed by atoms with van der Waals surface area (Å²) in [6.07, 6.45) is 0.835. The first-order chi connectivity index (χ1) is 15.1. The second-order valence-electron chi connectivity index (χ2n) is 7.66. The standard InChI is InChI=1S/C23H28N4O4/c1-24-23(29)17-5-2-4-16(12-17)19-14-25-8-9-27(19)15-22(28)26-18-6-7-20-21(13-18)31-11-3-10-30-20/h2,4-7,12-13,19,25H,3,8-11,14-15H2,1H3,(H,24,29)(H,26,28)/t19-/m0/s1. The molecule has 4 rings (SSSR count). The summed E-state index contributed by atoms with van der Waals surface area (Å²) < 4.78 is 11.4. The van der Waals surface area contributed by atoms with Gasteiger partial charge in [-0.3, -0.25) is 14.5 Å². The van der Waals surface area contributed by atoms with E-state index in [1.54, 1.807) is 19.2 Å². The van der Waals surface area contributed by atoms with E-state index in [0.717, 1.165) is 25.1 Å². The van der Waals surface area contributed by atoms with Crippen molar-refractivity contribution < 1.29 is 19.1 Å². The molecule has 1 saturated heterocycles. The van der Waals surface area contributed by atoms with Crippen LogP contribution in [-0.2, 0) is 4.79 Å². The van der Waals surface area contributed by atoms with Gasteiger partial charge < -0.3 is 25.4 Å². The van der Waals surface area contributed by atoms with Crippen molar-refractivity contribution in [3.63, 3.8) is 0 Å². The van der Waals surface area contributed by atoms with Gasteiger partial charge in [0, 0.05) is 56.5 Å². The van der Waals surface area contributed by atoms with Crippen molar-refractivity contribution in [1.82, 2.24) is 15.5 Å². The summed E-state index contributed by atoms with van der Waals surface area (Å²) in [5.41, 5.74) is 2.31. The molecule has 0 aromatic heterocycles. The Labute approximate surface area is 181 Å². The largest absolute Gasteiger partial charge is 0.490 e. The fourth-order valence-electron chi connectivity index (χ4n) is 3.92. The minimum Gasteiger partial charge on any atom is -0.490 e. The van der Waals surface area contributed by atoms with E-state index in [2.05, 4.69) is 20.9 Å². The highest BCUT2D eigenvalue weighted by Gasteiger charge is 2.26. The summed E-state index contributed by atoms with van der Waals surface area (Å²) >= 11 is 0. The number of nitrogens with one attached hydrogen (secondary N) is 3. The number of nitrogens with zero attached hydrogens (tertiary/aromatic N) is 1. The minimum atomic E-state index is -0.121. The van der Waals surface area contributed by atoms with Gasteiger partial charge in [-0.15, -0.1) is 0 Å². The summed E-state index contributed by atoms with van der Waals surface area (Å²) in [4.78, 5) is 27.0. The number of carbonyl (C=O) groups excluding carboxylic acids is 2. The summed E-state index contributed by atoms with van der Waals surface area (Å²) in [6.45, 7) is 3.75. The van der Waals surface area contributed by atoms with Gasteiger partial charge in [0.2, 0.25) is 5.91 Å². The van der Waals surface area contributed by atoms with Gasteiger partial charge in [0.15, 0.2) is 11.5 Å². The van der Waals surface area contributed by atoms with Crippen LogP contribution in [0.15, 0.2) is 42.5 Å². The molecular formula is C23H28N4O4. The van der Waals surface area contributed by atoms with Gasteiger partial charge in [-0.25, -0.2) is 0 Å². The molecule has 3 N–H and O–H groups in total. The van der Waals surface area contributed by atoms with E-state index in [1.807, 2.05) is 30.3 Å². The zero-order chi connectivity index (χ0) is 21.6.